The van der Waals surface area contributed by atoms with Crippen molar-refractivity contribution in [2.45, 2.75) is 9.79 Å². The first-order valence-corrected chi connectivity index (χ1v) is 11.3. The van der Waals surface area contributed by atoms with E-state index in [-0.39, 0.29) is 10.8 Å². The quantitative estimate of drug-likeness (QED) is 0.552. The molecule has 6 nitrogen and oxygen atoms in total. The van der Waals surface area contributed by atoms with Gasteiger partial charge in [-0.3, -0.25) is 4.79 Å². The van der Waals surface area contributed by atoms with Gasteiger partial charge in [-0.25, -0.2) is 8.42 Å². The zero-order valence-corrected chi connectivity index (χ0v) is 17.0. The van der Waals surface area contributed by atoms with Gasteiger partial charge in [0.2, 0.25) is 10.0 Å². The van der Waals surface area contributed by atoms with Gasteiger partial charge in [-0.15, -0.1) is 18.3 Å². The molecule has 1 aliphatic heterocycles. The number of sulfonamides is 1. The van der Waals surface area contributed by atoms with Crippen molar-refractivity contribution in [3.05, 3.63) is 66.7 Å². The number of thioether (sulfide) groups is 1. The van der Waals surface area contributed by atoms with E-state index < -0.39 is 10.0 Å². The van der Waals surface area contributed by atoms with Gasteiger partial charge in [0.05, 0.1) is 23.8 Å². The summed E-state index contributed by atoms with van der Waals surface area (Å²) in [5.41, 5.74) is 1.11. The molecule has 8 heteroatoms. The average Bonchev–Trinajstić information content (AvgIpc) is 2.74. The van der Waals surface area contributed by atoms with Gasteiger partial charge in [0.1, 0.15) is 0 Å². The van der Waals surface area contributed by atoms with Crippen molar-refractivity contribution in [1.82, 2.24) is 4.31 Å². The molecule has 0 radical (unpaired) electrons. The fraction of sp³-hybridized carbons (Fsp3) is 0.250. The van der Waals surface area contributed by atoms with Gasteiger partial charge in [-0.05, 0) is 36.4 Å². The molecule has 0 bridgehead atoms. The summed E-state index contributed by atoms with van der Waals surface area (Å²) in [5.74, 6) is 0.447. The summed E-state index contributed by atoms with van der Waals surface area (Å²) in [6, 6.07) is 13.5. The van der Waals surface area contributed by atoms with Gasteiger partial charge in [-0.1, -0.05) is 18.2 Å². The summed E-state index contributed by atoms with van der Waals surface area (Å²) in [5, 5.41) is 2.89. The fourth-order valence-corrected chi connectivity index (χ4v) is 4.91. The number of rotatable bonds is 7. The van der Waals surface area contributed by atoms with Crippen LogP contribution < -0.4 is 5.32 Å². The predicted octanol–water partition coefficient (Wildman–Crippen LogP) is 3.24. The SMILES string of the molecule is C=CCSc1ccccc1NC(=O)c1ccc(S(=O)(=O)N2CCOCC2)cc1. The van der Waals surface area contributed by atoms with Crippen LogP contribution in [-0.4, -0.2) is 50.7 Å². The summed E-state index contributed by atoms with van der Waals surface area (Å²) >= 11 is 1.58. The Morgan fingerprint density at radius 1 is 1.14 bits per heavy atom. The molecule has 1 amide bonds. The van der Waals surface area contributed by atoms with Crippen LogP contribution in [0.2, 0.25) is 0 Å². The lowest BCUT2D eigenvalue weighted by atomic mass is 10.2. The molecule has 1 N–H and O–H groups in total. The van der Waals surface area contributed by atoms with Crippen LogP contribution >= 0.6 is 11.8 Å². The van der Waals surface area contributed by atoms with Crippen molar-refractivity contribution in [3.63, 3.8) is 0 Å². The summed E-state index contributed by atoms with van der Waals surface area (Å²) in [6.45, 7) is 5.17. The molecule has 1 heterocycles. The highest BCUT2D eigenvalue weighted by Gasteiger charge is 2.26. The van der Waals surface area contributed by atoms with Gasteiger partial charge in [0.25, 0.3) is 5.91 Å². The van der Waals surface area contributed by atoms with E-state index in [0.29, 0.717) is 37.6 Å². The van der Waals surface area contributed by atoms with E-state index in [1.54, 1.807) is 17.8 Å². The van der Waals surface area contributed by atoms with Gasteiger partial charge in [0.15, 0.2) is 0 Å². The van der Waals surface area contributed by atoms with E-state index in [1.165, 1.54) is 28.6 Å². The van der Waals surface area contributed by atoms with E-state index in [2.05, 4.69) is 11.9 Å². The first kappa shape index (κ1) is 20.6. The highest BCUT2D eigenvalue weighted by atomic mass is 32.2. The third kappa shape index (κ3) is 4.82. The highest BCUT2D eigenvalue weighted by Crippen LogP contribution is 2.27. The van der Waals surface area contributed by atoms with Gasteiger partial charge in [0, 0.05) is 29.3 Å². The molecule has 148 valence electrons. The Bertz CT molecular complexity index is 937. The van der Waals surface area contributed by atoms with Crippen LogP contribution in [0.3, 0.4) is 0 Å². The van der Waals surface area contributed by atoms with Crippen molar-refractivity contribution in [2.24, 2.45) is 0 Å². The molecule has 0 spiro atoms. The molecular formula is C20H22N2O4S2. The Hall–Kier alpha value is -2.13. The number of para-hydroxylation sites is 1. The topological polar surface area (TPSA) is 75.7 Å². The minimum Gasteiger partial charge on any atom is -0.379 e. The Kier molecular flexibility index (Phi) is 6.90. The first-order chi connectivity index (χ1) is 13.5. The first-order valence-electron chi connectivity index (χ1n) is 8.84. The molecule has 1 fully saturated rings. The van der Waals surface area contributed by atoms with E-state index in [0.717, 1.165) is 10.6 Å². The second-order valence-corrected chi connectivity index (χ2v) is 9.09. The number of morpholine rings is 1. The number of benzene rings is 2. The van der Waals surface area contributed by atoms with E-state index in [1.807, 2.05) is 24.3 Å². The van der Waals surface area contributed by atoms with Gasteiger partial charge in [-0.2, -0.15) is 4.31 Å². The fourth-order valence-electron chi connectivity index (χ4n) is 2.75. The summed E-state index contributed by atoms with van der Waals surface area (Å²) < 4.78 is 31.9. The molecule has 0 aromatic heterocycles. The minimum atomic E-state index is -3.57. The number of nitrogens with zero attached hydrogens (tertiary/aromatic N) is 1. The van der Waals surface area contributed by atoms with E-state index >= 15 is 0 Å². The number of carbonyl (C=O) groups is 1. The van der Waals surface area contributed by atoms with Crippen molar-refractivity contribution < 1.29 is 17.9 Å². The third-order valence-electron chi connectivity index (χ3n) is 4.22. The standard InChI is InChI=1S/C20H22N2O4S2/c1-2-15-27-19-6-4-3-5-18(19)21-20(23)16-7-9-17(10-8-16)28(24,25)22-11-13-26-14-12-22/h2-10H,1,11-15H2,(H,21,23). The number of ether oxygens (including phenoxy) is 1. The molecule has 28 heavy (non-hydrogen) atoms. The number of amides is 1. The highest BCUT2D eigenvalue weighted by molar-refractivity contribution is 7.99. The van der Waals surface area contributed by atoms with Crippen LogP contribution in [0.4, 0.5) is 5.69 Å². The molecule has 1 saturated heterocycles. The second-order valence-electron chi connectivity index (χ2n) is 6.09. The van der Waals surface area contributed by atoms with Crippen LogP contribution in [0, 0.1) is 0 Å². The molecule has 0 aliphatic carbocycles. The van der Waals surface area contributed by atoms with Crippen molar-refractivity contribution in [2.75, 3.05) is 37.4 Å². The lowest BCUT2D eigenvalue weighted by molar-refractivity contribution is 0.0730. The van der Waals surface area contributed by atoms with Crippen LogP contribution in [0.1, 0.15) is 10.4 Å². The largest absolute Gasteiger partial charge is 0.379 e. The normalized spacial score (nSPS) is 15.1. The summed E-state index contributed by atoms with van der Waals surface area (Å²) in [7, 11) is -3.57. The lowest BCUT2D eigenvalue weighted by Gasteiger charge is -2.26. The van der Waals surface area contributed by atoms with Crippen LogP contribution in [0.25, 0.3) is 0 Å². The summed E-state index contributed by atoms with van der Waals surface area (Å²) in [4.78, 5) is 13.7. The zero-order valence-electron chi connectivity index (χ0n) is 15.3. The Labute approximate surface area is 169 Å². The molecule has 0 unspecified atom stereocenters. The maximum atomic E-state index is 12.7. The molecule has 3 rings (SSSR count). The van der Waals surface area contributed by atoms with Gasteiger partial charge < -0.3 is 10.1 Å². The van der Waals surface area contributed by atoms with E-state index in [4.69, 9.17) is 4.74 Å². The average molecular weight is 419 g/mol. The van der Waals surface area contributed by atoms with Gasteiger partial charge >= 0.3 is 0 Å². The van der Waals surface area contributed by atoms with Crippen LogP contribution in [-0.2, 0) is 14.8 Å². The number of carbonyl (C=O) groups excluding carboxylic acids is 1. The third-order valence-corrected chi connectivity index (χ3v) is 7.20. The van der Waals surface area contributed by atoms with Crippen molar-refractivity contribution in [3.8, 4) is 0 Å². The monoisotopic (exact) mass is 418 g/mol. The molecular weight excluding hydrogens is 396 g/mol. The van der Waals surface area contributed by atoms with Crippen molar-refractivity contribution in [1.29, 1.82) is 0 Å². The number of hydrogen-bond donors (Lipinski definition) is 1. The lowest BCUT2D eigenvalue weighted by Crippen LogP contribution is -2.40. The zero-order chi connectivity index (χ0) is 20.0. The summed E-state index contributed by atoms with van der Waals surface area (Å²) in [6.07, 6.45) is 1.80. The number of anilines is 1. The molecule has 0 saturated carbocycles. The number of nitrogens with one attached hydrogen (secondary N) is 1. The second kappa shape index (κ2) is 9.38. The van der Waals surface area contributed by atoms with Crippen LogP contribution in [0.15, 0.2) is 71.0 Å². The molecule has 0 atom stereocenters. The Morgan fingerprint density at radius 3 is 2.50 bits per heavy atom. The van der Waals surface area contributed by atoms with Crippen LogP contribution in [0.5, 0.6) is 0 Å². The molecule has 2 aromatic carbocycles. The number of hydrogen-bond acceptors (Lipinski definition) is 5. The van der Waals surface area contributed by atoms with Crippen molar-refractivity contribution >= 4 is 33.4 Å². The predicted molar refractivity (Wildman–Crippen MR) is 111 cm³/mol. The Balaban J connectivity index is 1.73. The maximum Gasteiger partial charge on any atom is 0.255 e. The molecule has 1 aliphatic rings. The van der Waals surface area contributed by atoms with E-state index in [9.17, 15) is 13.2 Å². The Morgan fingerprint density at radius 2 is 1.82 bits per heavy atom. The smallest absolute Gasteiger partial charge is 0.255 e. The molecule has 2 aromatic rings. The minimum absolute atomic E-state index is 0.174. The maximum absolute atomic E-state index is 12.7.